The number of nitrogens with zero attached hydrogens (tertiary/aromatic N) is 4. The molecule has 3 aromatic rings. The number of pyridine rings is 1. The number of aromatic amines is 1. The van der Waals surface area contributed by atoms with Crippen molar-refractivity contribution in [3.8, 4) is 17.0 Å². The molecule has 0 bridgehead atoms. The molecule has 1 aromatic carbocycles. The van der Waals surface area contributed by atoms with Crippen LogP contribution in [-0.4, -0.2) is 71.9 Å². The molecular formula is C24H30FN5O3. The molecule has 33 heavy (non-hydrogen) atoms. The summed E-state index contributed by atoms with van der Waals surface area (Å²) < 4.78 is 14.6. The number of aryl methyl sites for hydroxylation is 1. The number of carboxylic acids is 1. The second kappa shape index (κ2) is 8.07. The number of fused-ring (bicyclic) bond motifs is 1. The van der Waals surface area contributed by atoms with Gasteiger partial charge in [-0.25, -0.2) is 9.37 Å². The van der Waals surface area contributed by atoms with Gasteiger partial charge in [-0.3, -0.25) is 19.7 Å². The monoisotopic (exact) mass is 455 g/mol. The zero-order valence-electron chi connectivity index (χ0n) is 19.6. The van der Waals surface area contributed by atoms with Gasteiger partial charge in [-0.1, -0.05) is 0 Å². The summed E-state index contributed by atoms with van der Waals surface area (Å²) in [5, 5.41) is 27.1. The van der Waals surface area contributed by atoms with E-state index < -0.39 is 11.8 Å². The molecule has 0 amide bonds. The van der Waals surface area contributed by atoms with E-state index in [1.807, 2.05) is 17.9 Å². The number of carbonyl (C=O) groups is 1. The highest BCUT2D eigenvalue weighted by Gasteiger charge is 2.43. The van der Waals surface area contributed by atoms with Crippen molar-refractivity contribution < 1.29 is 19.4 Å². The molecule has 9 heteroatoms. The minimum Gasteiger partial charge on any atom is -0.508 e. The molecule has 0 radical (unpaired) electrons. The van der Waals surface area contributed by atoms with Crippen molar-refractivity contribution in [1.29, 1.82) is 0 Å². The Morgan fingerprint density at radius 1 is 1.15 bits per heavy atom. The van der Waals surface area contributed by atoms with Crippen LogP contribution in [0.25, 0.3) is 22.3 Å². The van der Waals surface area contributed by atoms with Gasteiger partial charge in [0, 0.05) is 47.7 Å². The van der Waals surface area contributed by atoms with Crippen LogP contribution in [0, 0.1) is 12.7 Å². The lowest BCUT2D eigenvalue weighted by molar-refractivity contribution is -0.143. The second-order valence-corrected chi connectivity index (χ2v) is 10.1. The second-order valence-electron chi connectivity index (χ2n) is 10.1. The lowest BCUT2D eigenvalue weighted by atomic mass is 9.88. The van der Waals surface area contributed by atoms with E-state index in [0.717, 1.165) is 22.7 Å². The standard InChI is InChI=1S/C24H30FN5O3/c1-14-21-15(10-29-12-24(4,5)30(11-20(32)33)13-23(29,2)3)8-19(26-22(21)28-27-14)17-7-6-16(31)9-18(17)25/h6-9,31H,10-13H2,1-5H3,(H,32,33)(H,26,27,28). The lowest BCUT2D eigenvalue weighted by Gasteiger charge is -2.55. The number of carboxylic acid groups (broad SMARTS) is 1. The minimum absolute atomic E-state index is 0.00507. The predicted molar refractivity (Wildman–Crippen MR) is 123 cm³/mol. The lowest BCUT2D eigenvalue weighted by Crippen LogP contribution is -2.67. The van der Waals surface area contributed by atoms with Crippen molar-refractivity contribution in [1.82, 2.24) is 25.0 Å². The van der Waals surface area contributed by atoms with Crippen molar-refractivity contribution in [2.45, 2.75) is 52.2 Å². The highest BCUT2D eigenvalue weighted by atomic mass is 19.1. The third-order valence-corrected chi connectivity index (χ3v) is 6.58. The Morgan fingerprint density at radius 2 is 1.82 bits per heavy atom. The van der Waals surface area contributed by atoms with Gasteiger partial charge in [0.25, 0.3) is 0 Å². The number of aromatic nitrogens is 3. The Labute approximate surface area is 192 Å². The molecule has 3 heterocycles. The molecule has 2 aromatic heterocycles. The van der Waals surface area contributed by atoms with Crippen LogP contribution < -0.4 is 0 Å². The number of H-pyrrole nitrogens is 1. The highest BCUT2D eigenvalue weighted by molar-refractivity contribution is 5.84. The number of hydrogen-bond acceptors (Lipinski definition) is 6. The smallest absolute Gasteiger partial charge is 0.317 e. The molecule has 0 aliphatic carbocycles. The Bertz CT molecular complexity index is 1220. The third-order valence-electron chi connectivity index (χ3n) is 6.58. The number of phenols is 1. The van der Waals surface area contributed by atoms with E-state index in [1.165, 1.54) is 12.1 Å². The number of nitrogens with one attached hydrogen (secondary N) is 1. The Hall–Kier alpha value is -3.04. The number of phenolic OH excluding ortho intramolecular Hbond substituents is 1. The fourth-order valence-electron chi connectivity index (χ4n) is 4.72. The molecule has 0 atom stereocenters. The number of benzene rings is 1. The molecule has 1 aliphatic heterocycles. The van der Waals surface area contributed by atoms with Crippen LogP contribution in [0.3, 0.4) is 0 Å². The summed E-state index contributed by atoms with van der Waals surface area (Å²) in [7, 11) is 0. The van der Waals surface area contributed by atoms with E-state index >= 15 is 0 Å². The highest BCUT2D eigenvalue weighted by Crippen LogP contribution is 2.35. The molecule has 0 unspecified atom stereocenters. The van der Waals surface area contributed by atoms with E-state index in [-0.39, 0.29) is 23.4 Å². The van der Waals surface area contributed by atoms with Crippen LogP contribution in [0.5, 0.6) is 5.75 Å². The van der Waals surface area contributed by atoms with Crippen LogP contribution in [0.15, 0.2) is 24.3 Å². The van der Waals surface area contributed by atoms with Crippen LogP contribution >= 0.6 is 0 Å². The van der Waals surface area contributed by atoms with E-state index in [1.54, 1.807) is 0 Å². The van der Waals surface area contributed by atoms with E-state index in [4.69, 9.17) is 0 Å². The molecule has 176 valence electrons. The molecule has 8 nitrogen and oxygen atoms in total. The number of piperazine rings is 1. The Morgan fingerprint density at radius 3 is 2.48 bits per heavy atom. The van der Waals surface area contributed by atoms with Crippen molar-refractivity contribution in [3.05, 3.63) is 41.3 Å². The fraction of sp³-hybridized carbons (Fsp3) is 0.458. The van der Waals surface area contributed by atoms with Crippen molar-refractivity contribution in [2.24, 2.45) is 0 Å². The zero-order valence-corrected chi connectivity index (χ0v) is 19.6. The first-order valence-corrected chi connectivity index (χ1v) is 10.9. The summed E-state index contributed by atoms with van der Waals surface area (Å²) in [5.41, 5.74) is 2.49. The summed E-state index contributed by atoms with van der Waals surface area (Å²) in [4.78, 5) is 20.3. The summed E-state index contributed by atoms with van der Waals surface area (Å²) in [6.45, 7) is 12.1. The molecule has 3 N–H and O–H groups in total. The number of halogens is 1. The summed E-state index contributed by atoms with van der Waals surface area (Å²) >= 11 is 0. The quantitative estimate of drug-likeness (QED) is 0.540. The number of aromatic hydroxyl groups is 1. The van der Waals surface area contributed by atoms with Crippen molar-refractivity contribution in [2.75, 3.05) is 19.6 Å². The maximum absolute atomic E-state index is 14.6. The number of aliphatic carboxylic acids is 1. The predicted octanol–water partition coefficient (Wildman–Crippen LogP) is 3.54. The number of rotatable bonds is 5. The first-order chi connectivity index (χ1) is 15.4. The van der Waals surface area contributed by atoms with Crippen LogP contribution in [0.1, 0.15) is 39.0 Å². The Kier molecular flexibility index (Phi) is 5.66. The van der Waals surface area contributed by atoms with Gasteiger partial charge in [0.05, 0.1) is 17.9 Å². The maximum Gasteiger partial charge on any atom is 0.317 e. The molecule has 1 aliphatic rings. The minimum atomic E-state index is -0.835. The Balaban J connectivity index is 1.75. The average molecular weight is 456 g/mol. The molecule has 0 spiro atoms. The largest absolute Gasteiger partial charge is 0.508 e. The maximum atomic E-state index is 14.6. The van der Waals surface area contributed by atoms with Gasteiger partial charge in [-0.2, -0.15) is 5.10 Å². The van der Waals surface area contributed by atoms with Gasteiger partial charge in [-0.05, 0) is 58.4 Å². The third kappa shape index (κ3) is 4.43. The SMILES string of the molecule is Cc1n[nH]c2nc(-c3ccc(O)cc3F)cc(CN3CC(C)(C)N(CC(=O)O)CC3(C)C)c12. The van der Waals surface area contributed by atoms with Gasteiger partial charge in [-0.15, -0.1) is 0 Å². The summed E-state index contributed by atoms with van der Waals surface area (Å²) in [6.07, 6.45) is 0. The van der Waals surface area contributed by atoms with E-state index in [9.17, 15) is 19.4 Å². The fourth-order valence-corrected chi connectivity index (χ4v) is 4.72. The first-order valence-electron chi connectivity index (χ1n) is 10.9. The first kappa shape index (κ1) is 23.1. The average Bonchev–Trinajstić information content (AvgIpc) is 3.06. The summed E-state index contributed by atoms with van der Waals surface area (Å²) in [5.74, 6) is -1.52. The molecule has 1 fully saturated rings. The van der Waals surface area contributed by atoms with E-state index in [0.29, 0.717) is 36.5 Å². The van der Waals surface area contributed by atoms with Crippen LogP contribution in [-0.2, 0) is 11.3 Å². The van der Waals surface area contributed by atoms with Gasteiger partial charge in [0.2, 0.25) is 0 Å². The summed E-state index contributed by atoms with van der Waals surface area (Å²) in [6, 6.07) is 5.92. The normalized spacial score (nSPS) is 18.6. The molecule has 4 rings (SSSR count). The van der Waals surface area contributed by atoms with Crippen LogP contribution in [0.4, 0.5) is 4.39 Å². The van der Waals surface area contributed by atoms with Gasteiger partial charge >= 0.3 is 5.97 Å². The zero-order chi connectivity index (χ0) is 24.1. The molecular weight excluding hydrogens is 425 g/mol. The van der Waals surface area contributed by atoms with E-state index in [2.05, 4.69) is 47.8 Å². The molecule has 1 saturated heterocycles. The number of hydrogen-bond donors (Lipinski definition) is 3. The van der Waals surface area contributed by atoms with Gasteiger partial charge in [0.15, 0.2) is 5.65 Å². The van der Waals surface area contributed by atoms with Crippen LogP contribution in [0.2, 0.25) is 0 Å². The molecule has 0 saturated carbocycles. The van der Waals surface area contributed by atoms with Crippen molar-refractivity contribution >= 4 is 17.0 Å². The van der Waals surface area contributed by atoms with Gasteiger partial charge in [0.1, 0.15) is 11.6 Å². The topological polar surface area (TPSA) is 106 Å². The van der Waals surface area contributed by atoms with Crippen molar-refractivity contribution in [3.63, 3.8) is 0 Å². The van der Waals surface area contributed by atoms with Gasteiger partial charge < -0.3 is 10.2 Å².